The lowest BCUT2D eigenvalue weighted by Gasteiger charge is -2.65. The number of carbonyl (C=O) groups excluding carboxylic acids is 1. The van der Waals surface area contributed by atoms with Crippen LogP contribution in [-0.2, 0) is 4.79 Å². The fraction of sp³-hybridized carbons (Fsp3) is 0.696. The van der Waals surface area contributed by atoms with Gasteiger partial charge in [0, 0.05) is 31.9 Å². The molecule has 1 aromatic rings. The van der Waals surface area contributed by atoms with E-state index in [9.17, 15) is 4.79 Å². The summed E-state index contributed by atoms with van der Waals surface area (Å²) in [7, 11) is 0. The van der Waals surface area contributed by atoms with Gasteiger partial charge in [-0.05, 0) is 67.4 Å². The maximum absolute atomic E-state index is 13.7. The van der Waals surface area contributed by atoms with Gasteiger partial charge in [0.2, 0.25) is 5.91 Å². The second-order valence-electron chi connectivity index (χ2n) is 10.5. The van der Waals surface area contributed by atoms with Gasteiger partial charge < -0.3 is 9.80 Å². The van der Waals surface area contributed by atoms with E-state index in [4.69, 9.17) is 0 Å². The minimum absolute atomic E-state index is 0.0438. The van der Waals surface area contributed by atoms with Crippen molar-refractivity contribution in [1.82, 2.24) is 4.90 Å². The molecule has 140 valence electrons. The van der Waals surface area contributed by atoms with Crippen molar-refractivity contribution in [1.29, 1.82) is 0 Å². The summed E-state index contributed by atoms with van der Waals surface area (Å²) >= 11 is 0. The van der Waals surface area contributed by atoms with E-state index in [-0.39, 0.29) is 5.41 Å². The highest BCUT2D eigenvalue weighted by atomic mass is 16.2. The molecule has 1 heterocycles. The van der Waals surface area contributed by atoms with Gasteiger partial charge in [0.15, 0.2) is 0 Å². The molecule has 0 aromatic heterocycles. The average Bonchev–Trinajstić information content (AvgIpc) is 2.59. The van der Waals surface area contributed by atoms with Crippen molar-refractivity contribution < 1.29 is 4.79 Å². The quantitative estimate of drug-likeness (QED) is 0.791. The Morgan fingerprint density at radius 2 is 1.50 bits per heavy atom. The molecule has 5 aliphatic rings. The Labute approximate surface area is 157 Å². The van der Waals surface area contributed by atoms with E-state index >= 15 is 0 Å². The van der Waals surface area contributed by atoms with Gasteiger partial charge in [-0.15, -0.1) is 0 Å². The molecular formula is C23H32N2O. The first kappa shape index (κ1) is 16.6. The number of hydrogen-bond donors (Lipinski definition) is 0. The number of anilines is 1. The number of para-hydroxylation sites is 1. The van der Waals surface area contributed by atoms with E-state index in [2.05, 4.69) is 54.0 Å². The number of rotatable bonds is 2. The van der Waals surface area contributed by atoms with Crippen LogP contribution in [0.15, 0.2) is 30.3 Å². The van der Waals surface area contributed by atoms with Crippen molar-refractivity contribution in [3.8, 4) is 0 Å². The second-order valence-corrected chi connectivity index (χ2v) is 10.5. The average molecular weight is 353 g/mol. The van der Waals surface area contributed by atoms with Crippen molar-refractivity contribution in [2.75, 3.05) is 31.1 Å². The van der Waals surface area contributed by atoms with Crippen LogP contribution in [0.4, 0.5) is 5.69 Å². The zero-order valence-corrected chi connectivity index (χ0v) is 16.3. The third-order valence-electron chi connectivity index (χ3n) is 7.77. The molecule has 0 N–H and O–H groups in total. The van der Waals surface area contributed by atoms with Crippen LogP contribution in [0.3, 0.4) is 0 Å². The van der Waals surface area contributed by atoms with E-state index < -0.39 is 0 Å². The predicted octanol–water partition coefficient (Wildman–Crippen LogP) is 4.33. The van der Waals surface area contributed by atoms with Crippen LogP contribution >= 0.6 is 0 Å². The molecule has 4 bridgehead atoms. The first-order chi connectivity index (χ1) is 12.4. The van der Waals surface area contributed by atoms with Crippen LogP contribution in [0.25, 0.3) is 0 Å². The predicted molar refractivity (Wildman–Crippen MR) is 105 cm³/mol. The highest BCUT2D eigenvalue weighted by molar-refractivity contribution is 5.84. The second kappa shape index (κ2) is 5.50. The molecule has 3 heteroatoms. The van der Waals surface area contributed by atoms with E-state index in [1.54, 1.807) is 0 Å². The monoisotopic (exact) mass is 352 g/mol. The third kappa shape index (κ3) is 2.58. The van der Waals surface area contributed by atoms with Crippen LogP contribution in [-0.4, -0.2) is 37.0 Å². The first-order valence-electron chi connectivity index (χ1n) is 10.5. The van der Waals surface area contributed by atoms with Gasteiger partial charge >= 0.3 is 0 Å². The SMILES string of the molecule is C[C@]12CC3CC(C(=O)N4CCN(c5ccccc5)CC4)(C1)C[C@@](C)(C3)C2. The topological polar surface area (TPSA) is 23.6 Å². The van der Waals surface area contributed by atoms with Crippen LogP contribution in [0.5, 0.6) is 0 Å². The fourth-order valence-corrected chi connectivity index (χ4v) is 7.83. The summed E-state index contributed by atoms with van der Waals surface area (Å²) < 4.78 is 0. The molecule has 5 fully saturated rings. The van der Waals surface area contributed by atoms with Gasteiger partial charge in [-0.2, -0.15) is 0 Å². The largest absolute Gasteiger partial charge is 0.368 e. The van der Waals surface area contributed by atoms with Crippen LogP contribution in [0, 0.1) is 22.2 Å². The Hall–Kier alpha value is -1.51. The molecule has 2 unspecified atom stereocenters. The zero-order valence-electron chi connectivity index (χ0n) is 16.3. The summed E-state index contributed by atoms with van der Waals surface area (Å²) in [5, 5.41) is 0. The Bertz CT molecular complexity index is 688. The lowest BCUT2D eigenvalue weighted by atomic mass is 9.40. The van der Waals surface area contributed by atoms with Crippen molar-refractivity contribution in [2.45, 2.75) is 52.4 Å². The molecule has 0 radical (unpaired) electrons. The lowest BCUT2D eigenvalue weighted by Crippen LogP contribution is -2.62. The fourth-order valence-electron chi connectivity index (χ4n) is 7.83. The highest BCUT2D eigenvalue weighted by Crippen LogP contribution is 2.69. The third-order valence-corrected chi connectivity index (χ3v) is 7.77. The molecule has 1 amide bonds. The Morgan fingerprint density at radius 3 is 2.08 bits per heavy atom. The minimum Gasteiger partial charge on any atom is -0.368 e. The zero-order chi connectivity index (χ0) is 18.0. The van der Waals surface area contributed by atoms with E-state index in [0.29, 0.717) is 16.7 Å². The molecule has 0 spiro atoms. The Balaban J connectivity index is 1.32. The summed E-state index contributed by atoms with van der Waals surface area (Å²) in [4.78, 5) is 18.3. The molecule has 4 saturated carbocycles. The van der Waals surface area contributed by atoms with Crippen LogP contribution in [0.1, 0.15) is 52.4 Å². The Kier molecular flexibility index (Phi) is 3.52. The number of benzene rings is 1. The lowest BCUT2D eigenvalue weighted by molar-refractivity contribution is -0.179. The van der Waals surface area contributed by atoms with Crippen molar-refractivity contribution >= 4 is 11.6 Å². The molecule has 4 aliphatic carbocycles. The molecule has 1 aliphatic heterocycles. The van der Waals surface area contributed by atoms with Gasteiger partial charge in [0.05, 0.1) is 5.41 Å². The number of amides is 1. The summed E-state index contributed by atoms with van der Waals surface area (Å²) in [6, 6.07) is 10.6. The number of carbonyl (C=O) groups is 1. The van der Waals surface area contributed by atoms with Crippen molar-refractivity contribution in [2.24, 2.45) is 22.2 Å². The Morgan fingerprint density at radius 1 is 0.885 bits per heavy atom. The first-order valence-corrected chi connectivity index (χ1v) is 10.5. The van der Waals surface area contributed by atoms with Gasteiger partial charge in [-0.25, -0.2) is 0 Å². The van der Waals surface area contributed by atoms with E-state index in [0.717, 1.165) is 51.4 Å². The summed E-state index contributed by atoms with van der Waals surface area (Å²) in [5.41, 5.74) is 2.07. The van der Waals surface area contributed by atoms with Gasteiger partial charge in [-0.3, -0.25) is 4.79 Å². The van der Waals surface area contributed by atoms with Crippen LogP contribution in [0.2, 0.25) is 0 Å². The van der Waals surface area contributed by atoms with Gasteiger partial charge in [0.25, 0.3) is 0 Å². The van der Waals surface area contributed by atoms with E-state index in [1.807, 2.05) is 0 Å². The smallest absolute Gasteiger partial charge is 0.228 e. The molecule has 1 aromatic carbocycles. The number of hydrogen-bond acceptors (Lipinski definition) is 2. The molecule has 1 saturated heterocycles. The van der Waals surface area contributed by atoms with E-state index in [1.165, 1.54) is 24.9 Å². The normalized spacial score (nSPS) is 41.5. The van der Waals surface area contributed by atoms with Gasteiger partial charge in [-0.1, -0.05) is 32.0 Å². The molecule has 3 nitrogen and oxygen atoms in total. The maximum Gasteiger partial charge on any atom is 0.228 e. The van der Waals surface area contributed by atoms with Crippen LogP contribution < -0.4 is 4.90 Å². The van der Waals surface area contributed by atoms with Crippen molar-refractivity contribution in [3.05, 3.63) is 30.3 Å². The summed E-state index contributed by atoms with van der Waals surface area (Å²) in [5.74, 6) is 1.28. The molecule has 6 rings (SSSR count). The maximum atomic E-state index is 13.7. The summed E-state index contributed by atoms with van der Waals surface area (Å²) in [6.07, 6.45) is 7.51. The van der Waals surface area contributed by atoms with Gasteiger partial charge in [0.1, 0.15) is 0 Å². The molecule has 4 atom stereocenters. The summed E-state index contributed by atoms with van der Waals surface area (Å²) in [6.45, 7) is 8.62. The van der Waals surface area contributed by atoms with Crippen molar-refractivity contribution in [3.63, 3.8) is 0 Å². The molecular weight excluding hydrogens is 320 g/mol. The number of nitrogens with zero attached hydrogens (tertiary/aromatic N) is 2. The minimum atomic E-state index is -0.0438. The number of piperazine rings is 1. The molecule has 26 heavy (non-hydrogen) atoms. The highest BCUT2D eigenvalue weighted by Gasteiger charge is 2.63. The standard InChI is InChI=1S/C23H32N2O/c1-21-12-18-13-22(2,15-21)17-23(14-18,16-21)20(26)25-10-8-24(9-11-25)19-6-4-3-5-7-19/h3-7,18H,8-17H2,1-2H3/t18?,21-,22+,23?.